The van der Waals surface area contributed by atoms with Gasteiger partial charge in [-0.3, -0.25) is 10.1 Å². The minimum absolute atomic E-state index is 0.00781. The molecule has 0 amide bonds. The largest absolute Gasteiger partial charge is 0.486 e. The lowest BCUT2D eigenvalue weighted by molar-refractivity contribution is -0.384. The van der Waals surface area contributed by atoms with Crippen molar-refractivity contribution >= 4 is 21.6 Å². The molecule has 26 heavy (non-hydrogen) atoms. The van der Waals surface area contributed by atoms with Gasteiger partial charge >= 0.3 is 0 Å². The summed E-state index contributed by atoms with van der Waals surface area (Å²) in [5, 5.41) is 15.3. The molecule has 0 saturated carbocycles. The minimum atomic E-state index is -0.438. The number of halogens is 1. The van der Waals surface area contributed by atoms with Gasteiger partial charge in [0.2, 0.25) is 0 Å². The summed E-state index contributed by atoms with van der Waals surface area (Å²) in [6, 6.07) is 10.0. The fourth-order valence-electron chi connectivity index (χ4n) is 2.66. The summed E-state index contributed by atoms with van der Waals surface area (Å²) in [5.74, 6) is 1.85. The van der Waals surface area contributed by atoms with Crippen LogP contribution in [0.1, 0.15) is 5.56 Å². The van der Waals surface area contributed by atoms with E-state index in [1.807, 2.05) is 12.1 Å². The molecule has 0 saturated heterocycles. The van der Waals surface area contributed by atoms with Gasteiger partial charge in [-0.2, -0.15) is 5.10 Å². The van der Waals surface area contributed by atoms with Crippen molar-refractivity contribution in [2.75, 3.05) is 13.2 Å². The molecule has 8 nitrogen and oxygen atoms in total. The lowest BCUT2D eigenvalue weighted by Crippen LogP contribution is -2.16. The number of rotatable bonds is 4. The predicted molar refractivity (Wildman–Crippen MR) is 96.3 cm³/mol. The number of nitro groups is 1. The molecule has 9 heteroatoms. The van der Waals surface area contributed by atoms with Crippen LogP contribution in [-0.2, 0) is 6.54 Å². The molecule has 2 aromatic carbocycles. The van der Waals surface area contributed by atoms with E-state index in [2.05, 4.69) is 26.0 Å². The first-order chi connectivity index (χ1) is 12.6. The van der Waals surface area contributed by atoms with Gasteiger partial charge in [0, 0.05) is 22.2 Å². The highest BCUT2D eigenvalue weighted by Crippen LogP contribution is 2.35. The summed E-state index contributed by atoms with van der Waals surface area (Å²) >= 11 is 3.54. The number of hydrogen-bond donors (Lipinski definition) is 0. The van der Waals surface area contributed by atoms with Crippen molar-refractivity contribution in [3.05, 3.63) is 62.9 Å². The molecule has 0 radical (unpaired) electrons. The second kappa shape index (κ2) is 6.75. The van der Waals surface area contributed by atoms with E-state index in [0.717, 1.165) is 10.0 Å². The third kappa shape index (κ3) is 3.25. The van der Waals surface area contributed by atoms with Gasteiger partial charge in [0.1, 0.15) is 19.5 Å². The van der Waals surface area contributed by atoms with Crippen LogP contribution in [0.25, 0.3) is 11.4 Å². The summed E-state index contributed by atoms with van der Waals surface area (Å²) in [6.45, 7) is 1.53. The van der Waals surface area contributed by atoms with Gasteiger partial charge in [-0.1, -0.05) is 28.1 Å². The fraction of sp³-hybridized carbons (Fsp3) is 0.176. The number of aromatic nitrogens is 3. The molecule has 1 aliphatic rings. The normalized spacial score (nSPS) is 12.8. The molecule has 3 aromatic rings. The maximum absolute atomic E-state index is 10.9. The Kier molecular flexibility index (Phi) is 4.29. The molecule has 0 fully saturated rings. The summed E-state index contributed by atoms with van der Waals surface area (Å²) in [7, 11) is 0. The Morgan fingerprint density at radius 2 is 1.96 bits per heavy atom. The van der Waals surface area contributed by atoms with E-state index < -0.39 is 4.92 Å². The highest BCUT2D eigenvalue weighted by atomic mass is 79.9. The topological polar surface area (TPSA) is 92.3 Å². The van der Waals surface area contributed by atoms with Gasteiger partial charge in [-0.05, 0) is 17.7 Å². The van der Waals surface area contributed by atoms with E-state index >= 15 is 0 Å². The summed E-state index contributed by atoms with van der Waals surface area (Å²) in [4.78, 5) is 14.7. The molecule has 0 N–H and O–H groups in total. The van der Waals surface area contributed by atoms with E-state index in [4.69, 9.17) is 9.47 Å². The van der Waals surface area contributed by atoms with Crippen molar-refractivity contribution in [3.63, 3.8) is 0 Å². The van der Waals surface area contributed by atoms with E-state index in [9.17, 15) is 10.1 Å². The van der Waals surface area contributed by atoms with Crippen LogP contribution in [0.15, 0.2) is 47.2 Å². The zero-order valence-electron chi connectivity index (χ0n) is 13.5. The number of non-ortho nitro benzene ring substituents is 1. The van der Waals surface area contributed by atoms with Crippen molar-refractivity contribution in [2.24, 2.45) is 0 Å². The van der Waals surface area contributed by atoms with Gasteiger partial charge in [-0.15, -0.1) is 0 Å². The Balaban J connectivity index is 1.59. The van der Waals surface area contributed by atoms with Crippen LogP contribution in [0.5, 0.6) is 11.5 Å². The Bertz CT molecular complexity index is 989. The average Bonchev–Trinajstić information content (AvgIpc) is 3.11. The van der Waals surface area contributed by atoms with Crippen LogP contribution in [0.2, 0.25) is 0 Å². The summed E-state index contributed by atoms with van der Waals surface area (Å²) in [6.07, 6.45) is 1.59. The molecule has 132 valence electrons. The van der Waals surface area contributed by atoms with Crippen molar-refractivity contribution in [2.45, 2.75) is 6.54 Å². The fourth-order valence-corrected chi connectivity index (χ4v) is 3.11. The van der Waals surface area contributed by atoms with E-state index in [1.54, 1.807) is 23.1 Å². The first-order valence-corrected chi connectivity index (χ1v) is 8.62. The van der Waals surface area contributed by atoms with Crippen LogP contribution in [0, 0.1) is 10.1 Å². The molecular weight excluding hydrogens is 404 g/mol. The SMILES string of the molecule is O=[N+]([O-])c1cccc(-c2ncn(Cc3cc4c(cc3Br)OCCO4)n2)c1. The minimum Gasteiger partial charge on any atom is -0.486 e. The third-order valence-electron chi connectivity index (χ3n) is 3.90. The van der Waals surface area contributed by atoms with E-state index in [0.29, 0.717) is 42.6 Å². The Labute approximate surface area is 156 Å². The zero-order chi connectivity index (χ0) is 18.1. The standard InChI is InChI=1S/C17H13BrN4O4/c18-14-8-16-15(25-4-5-26-16)7-12(14)9-21-10-19-17(20-21)11-2-1-3-13(6-11)22(23)24/h1-3,6-8,10H,4-5,9H2. The van der Waals surface area contributed by atoms with Crippen molar-refractivity contribution in [3.8, 4) is 22.9 Å². The van der Waals surface area contributed by atoms with Crippen LogP contribution >= 0.6 is 15.9 Å². The van der Waals surface area contributed by atoms with Crippen molar-refractivity contribution < 1.29 is 14.4 Å². The van der Waals surface area contributed by atoms with Crippen molar-refractivity contribution in [1.82, 2.24) is 14.8 Å². The second-order valence-corrected chi connectivity index (χ2v) is 6.51. The van der Waals surface area contributed by atoms with Gasteiger partial charge in [0.05, 0.1) is 11.5 Å². The Morgan fingerprint density at radius 3 is 2.73 bits per heavy atom. The highest BCUT2D eigenvalue weighted by molar-refractivity contribution is 9.10. The first-order valence-electron chi connectivity index (χ1n) is 7.82. The molecule has 0 atom stereocenters. The number of hydrogen-bond acceptors (Lipinski definition) is 6. The molecule has 1 aliphatic heterocycles. The molecule has 0 spiro atoms. The number of nitro benzene ring substituents is 1. The maximum atomic E-state index is 10.9. The van der Waals surface area contributed by atoms with Gasteiger partial charge < -0.3 is 9.47 Å². The number of benzene rings is 2. The van der Waals surface area contributed by atoms with E-state index in [-0.39, 0.29) is 5.69 Å². The molecule has 2 heterocycles. The smallest absolute Gasteiger partial charge is 0.270 e. The zero-order valence-corrected chi connectivity index (χ0v) is 15.0. The summed E-state index contributed by atoms with van der Waals surface area (Å²) in [5.41, 5.74) is 1.57. The van der Waals surface area contributed by atoms with Gasteiger partial charge in [0.25, 0.3) is 5.69 Å². The maximum Gasteiger partial charge on any atom is 0.270 e. The van der Waals surface area contributed by atoms with Crippen LogP contribution in [0.4, 0.5) is 5.69 Å². The summed E-state index contributed by atoms with van der Waals surface area (Å²) < 4.78 is 13.7. The monoisotopic (exact) mass is 416 g/mol. The molecule has 4 rings (SSSR count). The second-order valence-electron chi connectivity index (χ2n) is 5.66. The highest BCUT2D eigenvalue weighted by Gasteiger charge is 2.16. The van der Waals surface area contributed by atoms with E-state index in [1.165, 1.54) is 12.1 Å². The Morgan fingerprint density at radius 1 is 1.19 bits per heavy atom. The number of ether oxygens (including phenoxy) is 2. The quantitative estimate of drug-likeness (QED) is 0.477. The molecule has 0 bridgehead atoms. The molecular formula is C17H13BrN4O4. The van der Waals surface area contributed by atoms with Crippen LogP contribution in [-0.4, -0.2) is 32.9 Å². The Hall–Kier alpha value is -2.94. The van der Waals surface area contributed by atoms with Crippen molar-refractivity contribution in [1.29, 1.82) is 0 Å². The first kappa shape index (κ1) is 16.5. The lowest BCUT2D eigenvalue weighted by Gasteiger charge is -2.19. The molecule has 1 aromatic heterocycles. The predicted octanol–water partition coefficient (Wildman–Crippen LogP) is 3.44. The third-order valence-corrected chi connectivity index (χ3v) is 4.63. The molecule has 0 unspecified atom stereocenters. The average molecular weight is 417 g/mol. The molecule has 0 aliphatic carbocycles. The van der Waals surface area contributed by atoms with Gasteiger partial charge in [0.15, 0.2) is 17.3 Å². The van der Waals surface area contributed by atoms with Crippen LogP contribution in [0.3, 0.4) is 0 Å². The lowest BCUT2D eigenvalue weighted by atomic mass is 10.2. The van der Waals surface area contributed by atoms with Crippen LogP contribution < -0.4 is 9.47 Å². The number of fused-ring (bicyclic) bond motifs is 1. The van der Waals surface area contributed by atoms with Gasteiger partial charge in [-0.25, -0.2) is 9.67 Å². The number of nitrogens with zero attached hydrogens (tertiary/aromatic N) is 4.